The Hall–Kier alpha value is -0.870. The van der Waals surface area contributed by atoms with Crippen LogP contribution in [-0.4, -0.2) is 42.3 Å². The molecule has 0 aromatic rings. The fourth-order valence-corrected chi connectivity index (χ4v) is 2.13. The van der Waals surface area contributed by atoms with E-state index in [4.69, 9.17) is 5.11 Å². The Balaban J connectivity index is 3.57. The number of allylic oxidation sites excluding steroid dienone is 1. The molecule has 1 amide bonds. The van der Waals surface area contributed by atoms with Crippen molar-refractivity contribution in [2.24, 2.45) is 0 Å². The van der Waals surface area contributed by atoms with Crippen molar-refractivity contribution in [3.05, 3.63) is 12.2 Å². The van der Waals surface area contributed by atoms with Gasteiger partial charge in [0.05, 0.1) is 6.67 Å². The average Bonchev–Trinajstić information content (AvgIpc) is 2.49. The number of carbonyl (C=O) groups excluding carboxylic acids is 1. The third-order valence-corrected chi connectivity index (χ3v) is 3.54. The number of rotatable bonds is 14. The highest BCUT2D eigenvalue weighted by Gasteiger charge is 2.04. The van der Waals surface area contributed by atoms with Crippen molar-refractivity contribution in [3.63, 3.8) is 0 Å². The van der Waals surface area contributed by atoms with Crippen LogP contribution in [0.2, 0.25) is 0 Å². The maximum atomic E-state index is 11.6. The highest BCUT2D eigenvalue weighted by molar-refractivity contribution is 5.77. The smallest absolute Gasteiger partial charge is 0.224 e. The van der Waals surface area contributed by atoms with Gasteiger partial charge in [-0.15, -0.1) is 0 Å². The summed E-state index contributed by atoms with van der Waals surface area (Å²) in [6.45, 7) is 7.18. The summed E-state index contributed by atoms with van der Waals surface area (Å²) in [5.74, 6) is 0.0992. The Morgan fingerprint density at radius 2 is 1.71 bits per heavy atom. The zero-order chi connectivity index (χ0) is 15.8. The first-order valence-corrected chi connectivity index (χ1v) is 8.49. The van der Waals surface area contributed by atoms with Gasteiger partial charge in [-0.3, -0.25) is 9.69 Å². The van der Waals surface area contributed by atoms with Crippen LogP contribution in [0.15, 0.2) is 12.2 Å². The van der Waals surface area contributed by atoms with E-state index in [2.05, 4.69) is 24.1 Å². The number of hydrogen-bond donors (Lipinski definition) is 2. The summed E-state index contributed by atoms with van der Waals surface area (Å²) in [6, 6.07) is 0. The van der Waals surface area contributed by atoms with E-state index in [9.17, 15) is 4.79 Å². The zero-order valence-corrected chi connectivity index (χ0v) is 13.9. The van der Waals surface area contributed by atoms with Gasteiger partial charge < -0.3 is 10.4 Å². The molecule has 0 atom stereocenters. The predicted molar refractivity (Wildman–Crippen MR) is 89.1 cm³/mol. The van der Waals surface area contributed by atoms with Gasteiger partial charge in [0.25, 0.3) is 0 Å². The molecule has 0 aliphatic carbocycles. The van der Waals surface area contributed by atoms with Crippen LogP contribution in [0.4, 0.5) is 0 Å². The molecule has 0 aromatic carbocycles. The van der Waals surface area contributed by atoms with Crippen molar-refractivity contribution >= 4 is 5.91 Å². The van der Waals surface area contributed by atoms with Gasteiger partial charge in [0, 0.05) is 13.0 Å². The first kappa shape index (κ1) is 20.1. The van der Waals surface area contributed by atoms with Gasteiger partial charge in [0.15, 0.2) is 0 Å². The lowest BCUT2D eigenvalue weighted by atomic mass is 10.1. The number of hydrogen-bond acceptors (Lipinski definition) is 3. The van der Waals surface area contributed by atoms with Crippen LogP contribution in [0.5, 0.6) is 0 Å². The van der Waals surface area contributed by atoms with Crippen LogP contribution in [0.25, 0.3) is 0 Å². The number of amides is 1. The fraction of sp³-hybridized carbons (Fsp3) is 0.824. The summed E-state index contributed by atoms with van der Waals surface area (Å²) >= 11 is 0. The standard InChI is InChI=1S/C17H34N2O2/c1-3-5-10-13-17(21)18-16-19(4-2)14-11-8-6-7-9-12-15-20/h5,10,20H,3-4,6-9,11-16H2,1-2H3,(H,18,21)/b10-5+. The number of aliphatic hydroxyl groups is 1. The first-order valence-electron chi connectivity index (χ1n) is 8.49. The molecule has 2 N–H and O–H groups in total. The normalized spacial score (nSPS) is 11.4. The minimum Gasteiger partial charge on any atom is -0.396 e. The second-order valence-corrected chi connectivity index (χ2v) is 5.40. The molecule has 0 saturated carbocycles. The second-order valence-electron chi connectivity index (χ2n) is 5.40. The molecular formula is C17H34N2O2. The molecule has 0 aromatic heterocycles. The predicted octanol–water partition coefficient (Wildman–Crippen LogP) is 3.07. The lowest BCUT2D eigenvalue weighted by Crippen LogP contribution is -2.37. The van der Waals surface area contributed by atoms with E-state index in [1.54, 1.807) is 0 Å². The molecule has 21 heavy (non-hydrogen) atoms. The van der Waals surface area contributed by atoms with Crippen LogP contribution in [0.1, 0.15) is 65.2 Å². The minimum absolute atomic E-state index is 0.0992. The van der Waals surface area contributed by atoms with Crippen molar-refractivity contribution in [2.75, 3.05) is 26.4 Å². The van der Waals surface area contributed by atoms with E-state index in [-0.39, 0.29) is 5.91 Å². The highest BCUT2D eigenvalue weighted by Crippen LogP contribution is 2.05. The topological polar surface area (TPSA) is 52.6 Å². The Morgan fingerprint density at radius 1 is 1.05 bits per heavy atom. The van der Waals surface area contributed by atoms with Crippen LogP contribution >= 0.6 is 0 Å². The maximum Gasteiger partial charge on any atom is 0.224 e. The molecule has 0 heterocycles. The number of nitrogens with one attached hydrogen (secondary N) is 1. The van der Waals surface area contributed by atoms with Crippen molar-refractivity contribution in [1.29, 1.82) is 0 Å². The number of aliphatic hydroxyl groups excluding tert-OH is 1. The SMILES string of the molecule is CC/C=C/CC(=O)NCN(CC)CCCCCCCCO. The Kier molecular flexibility index (Phi) is 14.9. The molecule has 0 fully saturated rings. The summed E-state index contributed by atoms with van der Waals surface area (Å²) < 4.78 is 0. The molecule has 0 saturated heterocycles. The van der Waals surface area contributed by atoms with Gasteiger partial charge in [-0.2, -0.15) is 0 Å². The van der Waals surface area contributed by atoms with E-state index in [0.29, 0.717) is 19.7 Å². The quantitative estimate of drug-likeness (QED) is 0.294. The van der Waals surface area contributed by atoms with E-state index in [1.807, 2.05) is 12.2 Å². The molecule has 0 aliphatic heterocycles. The summed E-state index contributed by atoms with van der Waals surface area (Å²) in [7, 11) is 0. The van der Waals surface area contributed by atoms with Gasteiger partial charge in [0.2, 0.25) is 5.91 Å². The average molecular weight is 298 g/mol. The molecule has 0 radical (unpaired) electrons. The summed E-state index contributed by atoms with van der Waals surface area (Å²) in [5.41, 5.74) is 0. The van der Waals surface area contributed by atoms with Crippen LogP contribution in [0, 0.1) is 0 Å². The first-order chi connectivity index (χ1) is 10.2. The Bertz CT molecular complexity index is 268. The van der Waals surface area contributed by atoms with E-state index < -0.39 is 0 Å². The third kappa shape index (κ3) is 13.9. The molecular weight excluding hydrogens is 264 g/mol. The largest absolute Gasteiger partial charge is 0.396 e. The molecule has 0 unspecified atom stereocenters. The fourth-order valence-electron chi connectivity index (χ4n) is 2.13. The minimum atomic E-state index is 0.0992. The summed E-state index contributed by atoms with van der Waals surface area (Å²) in [6.07, 6.45) is 12.3. The zero-order valence-electron chi connectivity index (χ0n) is 13.9. The number of nitrogens with zero attached hydrogens (tertiary/aromatic N) is 1. The molecule has 0 aliphatic rings. The maximum absolute atomic E-state index is 11.6. The Labute approximate surface area is 130 Å². The van der Waals surface area contributed by atoms with Crippen molar-refractivity contribution in [1.82, 2.24) is 10.2 Å². The Morgan fingerprint density at radius 3 is 2.33 bits per heavy atom. The molecule has 0 rings (SSSR count). The van der Waals surface area contributed by atoms with Crippen LogP contribution in [-0.2, 0) is 4.79 Å². The van der Waals surface area contributed by atoms with Crippen LogP contribution < -0.4 is 5.32 Å². The number of unbranched alkanes of at least 4 members (excludes halogenated alkanes) is 5. The van der Waals surface area contributed by atoms with Gasteiger partial charge >= 0.3 is 0 Å². The summed E-state index contributed by atoms with van der Waals surface area (Å²) in [5, 5.41) is 11.7. The number of carbonyl (C=O) groups is 1. The molecule has 124 valence electrons. The highest BCUT2D eigenvalue weighted by atomic mass is 16.2. The molecule has 0 bridgehead atoms. The lowest BCUT2D eigenvalue weighted by molar-refractivity contribution is -0.120. The molecule has 4 heteroatoms. The van der Waals surface area contributed by atoms with Gasteiger partial charge in [-0.1, -0.05) is 51.7 Å². The van der Waals surface area contributed by atoms with Gasteiger partial charge in [-0.05, 0) is 32.4 Å². The van der Waals surface area contributed by atoms with Gasteiger partial charge in [-0.25, -0.2) is 0 Å². The lowest BCUT2D eigenvalue weighted by Gasteiger charge is -2.20. The second kappa shape index (κ2) is 15.5. The van der Waals surface area contributed by atoms with Crippen molar-refractivity contribution in [3.8, 4) is 0 Å². The van der Waals surface area contributed by atoms with E-state index in [0.717, 1.165) is 32.4 Å². The van der Waals surface area contributed by atoms with Crippen molar-refractivity contribution in [2.45, 2.75) is 65.2 Å². The molecule has 4 nitrogen and oxygen atoms in total. The van der Waals surface area contributed by atoms with Crippen molar-refractivity contribution < 1.29 is 9.90 Å². The van der Waals surface area contributed by atoms with Gasteiger partial charge in [0.1, 0.15) is 0 Å². The van der Waals surface area contributed by atoms with E-state index in [1.165, 1.54) is 25.7 Å². The summed E-state index contributed by atoms with van der Waals surface area (Å²) in [4.78, 5) is 13.9. The van der Waals surface area contributed by atoms with Crippen LogP contribution in [0.3, 0.4) is 0 Å². The molecule has 0 spiro atoms. The monoisotopic (exact) mass is 298 g/mol. The van der Waals surface area contributed by atoms with E-state index >= 15 is 0 Å². The third-order valence-electron chi connectivity index (χ3n) is 3.54.